The van der Waals surface area contributed by atoms with Gasteiger partial charge < -0.3 is 9.52 Å². The zero-order chi connectivity index (χ0) is 14.4. The summed E-state index contributed by atoms with van der Waals surface area (Å²) in [7, 11) is 0. The van der Waals surface area contributed by atoms with E-state index >= 15 is 0 Å². The fourth-order valence-corrected chi connectivity index (χ4v) is 2.40. The average molecular weight is 299 g/mol. The van der Waals surface area contributed by atoms with Crippen molar-refractivity contribution < 1.29 is 4.42 Å². The summed E-state index contributed by atoms with van der Waals surface area (Å²) in [6.07, 6.45) is 1.55. The number of halogens is 1. The van der Waals surface area contributed by atoms with Gasteiger partial charge in [0, 0.05) is 12.0 Å². The van der Waals surface area contributed by atoms with Gasteiger partial charge in [0.1, 0.15) is 0 Å². The molecule has 0 aliphatic carbocycles. The molecule has 0 spiro atoms. The molecule has 21 heavy (non-hydrogen) atoms. The monoisotopic (exact) mass is 298 g/mol. The summed E-state index contributed by atoms with van der Waals surface area (Å²) in [4.78, 5) is 16.6. The molecule has 0 saturated carbocycles. The summed E-state index contributed by atoms with van der Waals surface area (Å²) >= 11 is 6.19. The number of hydrogen-bond donors (Lipinski definition) is 0. The molecule has 8 heteroatoms. The topological polar surface area (TPSA) is 95.9 Å². The van der Waals surface area contributed by atoms with Gasteiger partial charge in [0.2, 0.25) is 11.1 Å². The fraction of sp³-hybridized carbons (Fsp3) is 0. The van der Waals surface area contributed by atoms with E-state index in [1.54, 1.807) is 30.5 Å². The molecule has 0 amide bonds. The Morgan fingerprint density at radius 3 is 2.95 bits per heavy atom. The Morgan fingerprint density at radius 1 is 1.24 bits per heavy atom. The lowest BCUT2D eigenvalue weighted by Crippen LogP contribution is -2.03. The van der Waals surface area contributed by atoms with E-state index in [9.17, 15) is 4.79 Å². The van der Waals surface area contributed by atoms with Gasteiger partial charge in [0.25, 0.3) is 0 Å². The lowest BCUT2D eigenvalue weighted by atomic mass is 10.1. The summed E-state index contributed by atoms with van der Waals surface area (Å²) in [6.45, 7) is 0. The Labute approximate surface area is 121 Å². The molecular weight excluding hydrogens is 294 g/mol. The molecule has 0 unspecified atom stereocenters. The maximum atomic E-state index is 12.5. The van der Waals surface area contributed by atoms with Crippen molar-refractivity contribution in [3.8, 4) is 11.4 Å². The summed E-state index contributed by atoms with van der Waals surface area (Å²) in [5, 5.41) is 15.3. The molecule has 4 aromatic rings. The van der Waals surface area contributed by atoms with Crippen LogP contribution in [0.25, 0.3) is 33.5 Å². The number of fused-ring (bicyclic) bond motifs is 2. The van der Waals surface area contributed by atoms with Crippen LogP contribution in [-0.4, -0.2) is 20.5 Å². The SMILES string of the molecule is O=c1c2cccnc2oc2c(Cl)cc(-c3nnn[n-]3)cc12. The predicted molar refractivity (Wildman–Crippen MR) is 74.9 cm³/mol. The first-order chi connectivity index (χ1) is 10.2. The second-order valence-corrected chi connectivity index (χ2v) is 4.73. The lowest BCUT2D eigenvalue weighted by Gasteiger charge is -2.06. The van der Waals surface area contributed by atoms with Crippen molar-refractivity contribution in [2.75, 3.05) is 0 Å². The van der Waals surface area contributed by atoms with Crippen LogP contribution in [0, 0.1) is 0 Å². The minimum Gasteiger partial charge on any atom is -0.436 e. The molecule has 0 aliphatic rings. The standard InChI is InChI=1S/C13H5ClN5O2/c14-9-5-6(12-16-18-19-17-12)4-8-10(20)7-2-1-3-15-13(7)21-11(8)9/h1-5H/q-1. The third kappa shape index (κ3) is 1.78. The van der Waals surface area contributed by atoms with Crippen molar-refractivity contribution in [1.29, 1.82) is 0 Å². The van der Waals surface area contributed by atoms with Crippen LogP contribution in [0.15, 0.2) is 39.7 Å². The van der Waals surface area contributed by atoms with Crippen LogP contribution in [0.1, 0.15) is 0 Å². The molecule has 3 aromatic heterocycles. The summed E-state index contributed by atoms with van der Waals surface area (Å²) in [5.41, 5.74) is 0.866. The third-order valence-corrected chi connectivity index (χ3v) is 3.36. The van der Waals surface area contributed by atoms with Crippen molar-refractivity contribution >= 4 is 33.7 Å². The van der Waals surface area contributed by atoms with Crippen LogP contribution < -0.4 is 10.5 Å². The quantitative estimate of drug-likeness (QED) is 0.494. The zero-order valence-electron chi connectivity index (χ0n) is 10.3. The highest BCUT2D eigenvalue weighted by molar-refractivity contribution is 6.35. The molecule has 0 N–H and O–H groups in total. The Hall–Kier alpha value is -2.80. The molecule has 4 rings (SSSR count). The normalized spacial score (nSPS) is 11.3. The van der Waals surface area contributed by atoms with Crippen LogP contribution in [0.2, 0.25) is 5.02 Å². The molecular formula is C13H5ClN5O2-. The molecule has 0 radical (unpaired) electrons. The highest BCUT2D eigenvalue weighted by atomic mass is 35.5. The van der Waals surface area contributed by atoms with E-state index in [1.807, 2.05) is 0 Å². The van der Waals surface area contributed by atoms with Crippen LogP contribution >= 0.6 is 11.6 Å². The van der Waals surface area contributed by atoms with Gasteiger partial charge >= 0.3 is 0 Å². The van der Waals surface area contributed by atoms with Gasteiger partial charge in [-0.25, -0.2) is 4.98 Å². The van der Waals surface area contributed by atoms with E-state index in [0.29, 0.717) is 22.2 Å². The average Bonchev–Trinajstić information content (AvgIpc) is 3.03. The second kappa shape index (κ2) is 4.35. The number of rotatable bonds is 1. The fourth-order valence-electron chi connectivity index (χ4n) is 2.14. The van der Waals surface area contributed by atoms with Crippen LogP contribution in [0.3, 0.4) is 0 Å². The van der Waals surface area contributed by atoms with Crippen molar-refractivity contribution in [2.45, 2.75) is 0 Å². The van der Waals surface area contributed by atoms with E-state index in [2.05, 4.69) is 25.6 Å². The van der Waals surface area contributed by atoms with Crippen LogP contribution in [-0.2, 0) is 0 Å². The van der Waals surface area contributed by atoms with Gasteiger partial charge in [-0.15, -0.1) is 0 Å². The van der Waals surface area contributed by atoms with Crippen molar-refractivity contribution in [3.63, 3.8) is 0 Å². The van der Waals surface area contributed by atoms with Crippen LogP contribution in [0.5, 0.6) is 0 Å². The summed E-state index contributed by atoms with van der Waals surface area (Å²) < 4.78 is 5.62. The van der Waals surface area contributed by atoms with Gasteiger partial charge in [0.05, 0.1) is 15.8 Å². The first-order valence-electron chi connectivity index (χ1n) is 5.94. The van der Waals surface area contributed by atoms with Crippen molar-refractivity contribution in [2.24, 2.45) is 0 Å². The van der Waals surface area contributed by atoms with Crippen LogP contribution in [0.4, 0.5) is 0 Å². The van der Waals surface area contributed by atoms with E-state index in [1.165, 1.54) is 0 Å². The van der Waals surface area contributed by atoms with E-state index in [4.69, 9.17) is 16.0 Å². The molecule has 0 aliphatic heterocycles. The number of aromatic nitrogens is 5. The highest BCUT2D eigenvalue weighted by Gasteiger charge is 2.13. The minimum absolute atomic E-state index is 0.212. The number of pyridine rings is 1. The second-order valence-electron chi connectivity index (χ2n) is 4.32. The number of tetrazole rings is 1. The molecule has 0 atom stereocenters. The van der Waals surface area contributed by atoms with Gasteiger partial charge in [-0.1, -0.05) is 11.6 Å². The predicted octanol–water partition coefficient (Wildman–Crippen LogP) is 1.80. The van der Waals surface area contributed by atoms with Crippen molar-refractivity contribution in [1.82, 2.24) is 25.6 Å². The summed E-state index contributed by atoms with van der Waals surface area (Å²) in [6, 6.07) is 6.53. The largest absolute Gasteiger partial charge is 0.436 e. The van der Waals surface area contributed by atoms with E-state index in [0.717, 1.165) is 0 Å². The Balaban J connectivity index is 2.15. The van der Waals surface area contributed by atoms with Crippen molar-refractivity contribution in [3.05, 3.63) is 45.7 Å². The maximum Gasteiger partial charge on any atom is 0.230 e. The third-order valence-electron chi connectivity index (χ3n) is 3.08. The molecule has 7 nitrogen and oxygen atoms in total. The van der Waals surface area contributed by atoms with Gasteiger partial charge in [0.15, 0.2) is 5.58 Å². The zero-order valence-corrected chi connectivity index (χ0v) is 11.1. The van der Waals surface area contributed by atoms with E-state index in [-0.39, 0.29) is 21.7 Å². The minimum atomic E-state index is -0.212. The Morgan fingerprint density at radius 2 is 2.14 bits per heavy atom. The lowest BCUT2D eigenvalue weighted by molar-refractivity contribution is 0.645. The Kier molecular flexibility index (Phi) is 2.48. The molecule has 1 aromatic carbocycles. The first-order valence-corrected chi connectivity index (χ1v) is 6.32. The highest BCUT2D eigenvalue weighted by Crippen LogP contribution is 2.29. The van der Waals surface area contributed by atoms with Gasteiger partial charge in [-0.3, -0.25) is 15.1 Å². The Bertz CT molecular complexity index is 1030. The number of hydrogen-bond acceptors (Lipinski definition) is 6. The molecule has 0 saturated heterocycles. The van der Waals surface area contributed by atoms with Gasteiger partial charge in [-0.2, -0.15) is 5.21 Å². The number of benzene rings is 1. The number of nitrogens with zero attached hydrogens (tertiary/aromatic N) is 5. The smallest absolute Gasteiger partial charge is 0.230 e. The maximum absolute atomic E-state index is 12.5. The van der Waals surface area contributed by atoms with E-state index < -0.39 is 0 Å². The molecule has 102 valence electrons. The molecule has 0 bridgehead atoms. The summed E-state index contributed by atoms with van der Waals surface area (Å²) in [5.74, 6) is 0.296. The van der Waals surface area contributed by atoms with Gasteiger partial charge in [-0.05, 0) is 29.8 Å². The molecule has 0 fully saturated rings. The first kappa shape index (κ1) is 12.0. The molecule has 3 heterocycles.